The Kier molecular flexibility index (Phi) is 4.95. The number of aliphatic hydroxyl groups is 1. The van der Waals surface area contributed by atoms with Crippen molar-refractivity contribution in [3.63, 3.8) is 0 Å². The third-order valence-corrected chi connectivity index (χ3v) is 6.06. The summed E-state index contributed by atoms with van der Waals surface area (Å²) in [6.45, 7) is 0.0989. The van der Waals surface area contributed by atoms with E-state index >= 15 is 0 Å². The van der Waals surface area contributed by atoms with E-state index in [-0.39, 0.29) is 18.6 Å². The van der Waals surface area contributed by atoms with Gasteiger partial charge in [-0.15, -0.1) is 0 Å². The first-order chi connectivity index (χ1) is 9.86. The van der Waals surface area contributed by atoms with Gasteiger partial charge in [-0.3, -0.25) is 0 Å². The second-order valence-electron chi connectivity index (χ2n) is 5.45. The average molecular weight is 319 g/mol. The van der Waals surface area contributed by atoms with E-state index in [1.165, 1.54) is 7.05 Å². The number of hydrogen-bond donors (Lipinski definition) is 1. The molecule has 0 aromatic heterocycles. The number of sulfonamides is 1. The van der Waals surface area contributed by atoms with Gasteiger partial charge in [0.2, 0.25) is 10.0 Å². The van der Waals surface area contributed by atoms with Crippen LogP contribution in [-0.4, -0.2) is 37.5 Å². The molecule has 0 spiro atoms. The van der Waals surface area contributed by atoms with E-state index < -0.39 is 26.6 Å². The summed E-state index contributed by atoms with van der Waals surface area (Å²) < 4.78 is 52.9. The third-order valence-electron chi connectivity index (χ3n) is 4.14. The molecule has 0 amide bonds. The molecule has 0 aliphatic heterocycles. The number of halogens is 2. The topological polar surface area (TPSA) is 57.6 Å². The fourth-order valence-corrected chi connectivity index (χ4v) is 4.21. The van der Waals surface area contributed by atoms with E-state index in [9.17, 15) is 17.2 Å². The predicted molar refractivity (Wildman–Crippen MR) is 74.1 cm³/mol. The maximum atomic E-state index is 13.7. The molecule has 1 N–H and O–H groups in total. The van der Waals surface area contributed by atoms with Crippen molar-refractivity contribution in [1.82, 2.24) is 4.31 Å². The molecule has 21 heavy (non-hydrogen) atoms. The molecular formula is C14H19F2NO3S. The average Bonchev–Trinajstić information content (AvgIpc) is 2.49. The molecule has 1 aromatic carbocycles. The van der Waals surface area contributed by atoms with Crippen LogP contribution in [0.25, 0.3) is 0 Å². The quantitative estimate of drug-likeness (QED) is 0.925. The van der Waals surface area contributed by atoms with Crippen molar-refractivity contribution in [2.75, 3.05) is 13.7 Å². The van der Waals surface area contributed by atoms with E-state index in [0.29, 0.717) is 18.9 Å². The summed E-state index contributed by atoms with van der Waals surface area (Å²) in [5, 5.41) is 9.10. The minimum Gasteiger partial charge on any atom is -0.396 e. The first-order valence-corrected chi connectivity index (χ1v) is 8.34. The molecule has 0 radical (unpaired) electrons. The predicted octanol–water partition coefficient (Wildman–Crippen LogP) is 2.14. The molecular weight excluding hydrogens is 300 g/mol. The molecule has 1 fully saturated rings. The molecule has 4 nitrogen and oxygen atoms in total. The summed E-state index contributed by atoms with van der Waals surface area (Å²) in [5.74, 6) is -1.54. The largest absolute Gasteiger partial charge is 0.396 e. The zero-order chi connectivity index (χ0) is 15.6. The Morgan fingerprint density at radius 1 is 1.24 bits per heavy atom. The van der Waals surface area contributed by atoms with Crippen molar-refractivity contribution in [2.24, 2.45) is 5.92 Å². The highest BCUT2D eigenvalue weighted by atomic mass is 32.2. The maximum absolute atomic E-state index is 13.7. The zero-order valence-corrected chi connectivity index (χ0v) is 12.6. The Hall–Kier alpha value is -1.05. The second-order valence-corrected chi connectivity index (χ2v) is 7.42. The molecule has 0 heterocycles. The SMILES string of the molecule is CN(C1CCC(CO)CC1)S(=O)(=O)c1cc(F)ccc1F. The first-order valence-electron chi connectivity index (χ1n) is 6.90. The second kappa shape index (κ2) is 6.37. The van der Waals surface area contributed by atoms with Crippen LogP contribution in [0.3, 0.4) is 0 Å². The van der Waals surface area contributed by atoms with Gasteiger partial charge in [0.05, 0.1) is 0 Å². The van der Waals surface area contributed by atoms with Gasteiger partial charge in [0.15, 0.2) is 0 Å². The Bertz CT molecular complexity index is 598. The van der Waals surface area contributed by atoms with Crippen LogP contribution in [0.15, 0.2) is 23.1 Å². The molecule has 1 aliphatic rings. The number of aliphatic hydroxyl groups excluding tert-OH is 1. The molecule has 0 atom stereocenters. The number of benzene rings is 1. The lowest BCUT2D eigenvalue weighted by Crippen LogP contribution is -2.40. The monoisotopic (exact) mass is 319 g/mol. The van der Waals surface area contributed by atoms with E-state index in [1.54, 1.807) is 0 Å². The van der Waals surface area contributed by atoms with Crippen LogP contribution in [0.1, 0.15) is 25.7 Å². The summed E-state index contributed by atoms with van der Waals surface area (Å²) >= 11 is 0. The van der Waals surface area contributed by atoms with Crippen molar-refractivity contribution >= 4 is 10.0 Å². The molecule has 0 unspecified atom stereocenters. The Morgan fingerprint density at radius 3 is 2.43 bits per heavy atom. The summed E-state index contributed by atoms with van der Waals surface area (Å²) in [5.41, 5.74) is 0. The van der Waals surface area contributed by atoms with Gasteiger partial charge in [0.25, 0.3) is 0 Å². The number of hydrogen-bond acceptors (Lipinski definition) is 3. The molecule has 0 saturated heterocycles. The van der Waals surface area contributed by atoms with Gasteiger partial charge < -0.3 is 5.11 Å². The lowest BCUT2D eigenvalue weighted by molar-refractivity contribution is 0.159. The van der Waals surface area contributed by atoms with Gasteiger partial charge in [-0.2, -0.15) is 4.31 Å². The lowest BCUT2D eigenvalue weighted by Gasteiger charge is -2.33. The van der Waals surface area contributed by atoms with Crippen molar-refractivity contribution in [1.29, 1.82) is 0 Å². The van der Waals surface area contributed by atoms with Crippen LogP contribution < -0.4 is 0 Å². The fraction of sp³-hybridized carbons (Fsp3) is 0.571. The summed E-state index contributed by atoms with van der Waals surface area (Å²) in [6, 6.07) is 2.17. The molecule has 2 rings (SSSR count). The van der Waals surface area contributed by atoms with E-state index in [2.05, 4.69) is 0 Å². The fourth-order valence-electron chi connectivity index (χ4n) is 2.72. The van der Waals surface area contributed by atoms with Gasteiger partial charge >= 0.3 is 0 Å². The van der Waals surface area contributed by atoms with Crippen LogP contribution in [0.5, 0.6) is 0 Å². The third kappa shape index (κ3) is 3.41. The minimum atomic E-state index is -4.06. The van der Waals surface area contributed by atoms with Crippen LogP contribution in [0.4, 0.5) is 8.78 Å². The normalized spacial score (nSPS) is 23.5. The zero-order valence-electron chi connectivity index (χ0n) is 11.8. The van der Waals surface area contributed by atoms with Gasteiger partial charge in [-0.05, 0) is 49.8 Å². The number of rotatable bonds is 4. The van der Waals surface area contributed by atoms with Gasteiger partial charge in [0.1, 0.15) is 16.5 Å². The Balaban J connectivity index is 2.21. The molecule has 1 saturated carbocycles. The van der Waals surface area contributed by atoms with E-state index in [0.717, 1.165) is 29.3 Å². The minimum absolute atomic E-state index is 0.0989. The highest BCUT2D eigenvalue weighted by Gasteiger charge is 2.33. The van der Waals surface area contributed by atoms with Crippen molar-refractivity contribution in [2.45, 2.75) is 36.6 Å². The van der Waals surface area contributed by atoms with Gasteiger partial charge in [-0.25, -0.2) is 17.2 Å². The van der Waals surface area contributed by atoms with Crippen LogP contribution in [0.2, 0.25) is 0 Å². The maximum Gasteiger partial charge on any atom is 0.246 e. The van der Waals surface area contributed by atoms with Crippen LogP contribution in [0, 0.1) is 17.6 Å². The highest BCUT2D eigenvalue weighted by Crippen LogP contribution is 2.30. The molecule has 7 heteroatoms. The number of nitrogens with zero attached hydrogens (tertiary/aromatic N) is 1. The van der Waals surface area contributed by atoms with E-state index in [1.807, 2.05) is 0 Å². The van der Waals surface area contributed by atoms with Gasteiger partial charge in [0, 0.05) is 19.7 Å². The molecule has 0 bridgehead atoms. The summed E-state index contributed by atoms with van der Waals surface area (Å²) in [4.78, 5) is -0.630. The highest BCUT2D eigenvalue weighted by molar-refractivity contribution is 7.89. The Labute approximate surface area is 123 Å². The summed E-state index contributed by atoms with van der Waals surface area (Å²) in [7, 11) is -2.67. The molecule has 1 aromatic rings. The summed E-state index contributed by atoms with van der Waals surface area (Å²) in [6.07, 6.45) is 2.68. The first kappa shape index (κ1) is 16.3. The smallest absolute Gasteiger partial charge is 0.246 e. The van der Waals surface area contributed by atoms with Crippen LogP contribution in [-0.2, 0) is 10.0 Å². The van der Waals surface area contributed by atoms with Crippen LogP contribution >= 0.6 is 0 Å². The van der Waals surface area contributed by atoms with E-state index in [4.69, 9.17) is 5.11 Å². The molecule has 1 aliphatic carbocycles. The Morgan fingerprint density at radius 2 is 1.86 bits per heavy atom. The van der Waals surface area contributed by atoms with Gasteiger partial charge in [-0.1, -0.05) is 0 Å². The van der Waals surface area contributed by atoms with Crippen molar-refractivity contribution in [3.05, 3.63) is 29.8 Å². The van der Waals surface area contributed by atoms with Crippen molar-refractivity contribution < 1.29 is 22.3 Å². The standard InChI is InChI=1S/C14H19F2NO3S/c1-17(12-5-2-10(9-18)3-6-12)21(19,20)14-8-11(15)4-7-13(14)16/h4,7-8,10,12,18H,2-3,5-6,9H2,1H3. The molecule has 118 valence electrons. The van der Waals surface area contributed by atoms with Crippen molar-refractivity contribution in [3.8, 4) is 0 Å². The lowest BCUT2D eigenvalue weighted by atomic mass is 9.87.